The molecule has 2 aromatic heterocycles. The average Bonchev–Trinajstić information content (AvgIpc) is 3.93. The Hall–Kier alpha value is -8.66. The molecule has 0 atom stereocenters. The van der Waals surface area contributed by atoms with Gasteiger partial charge in [0.2, 0.25) is 0 Å². The first-order chi connectivity index (χ1) is 32.7. The van der Waals surface area contributed by atoms with Crippen molar-refractivity contribution in [3.05, 3.63) is 265 Å². The molecule has 0 spiro atoms. The summed E-state index contributed by atoms with van der Waals surface area (Å²) in [6.45, 7) is 0. The molecule has 3 nitrogen and oxygen atoms in total. The molecule has 1 aliphatic rings. The summed E-state index contributed by atoms with van der Waals surface area (Å²) < 4.78 is 6.43. The third kappa shape index (κ3) is 5.98. The molecule has 0 amide bonds. The van der Waals surface area contributed by atoms with E-state index in [1.165, 1.54) is 44.2 Å². The lowest BCUT2D eigenvalue weighted by atomic mass is 9.67. The number of para-hydroxylation sites is 1. The summed E-state index contributed by atoms with van der Waals surface area (Å²) in [5, 5.41) is 4.59. The topological polar surface area (TPSA) is 38.9 Å². The summed E-state index contributed by atoms with van der Waals surface area (Å²) in [6, 6.07) is 87.1. The summed E-state index contributed by atoms with van der Waals surface area (Å²) in [6.07, 6.45) is 0. The molecule has 0 bridgehead atoms. The average molecular weight is 841 g/mol. The molecule has 0 radical (unpaired) electrons. The van der Waals surface area contributed by atoms with E-state index in [1.54, 1.807) is 0 Å². The zero-order valence-corrected chi connectivity index (χ0v) is 35.9. The highest BCUT2D eigenvalue weighted by molar-refractivity contribution is 6.13. The molecule has 308 valence electrons. The van der Waals surface area contributed by atoms with Crippen LogP contribution in [0.15, 0.2) is 247 Å². The quantitative estimate of drug-likeness (QED) is 0.160. The van der Waals surface area contributed by atoms with Gasteiger partial charge in [-0.2, -0.15) is 0 Å². The van der Waals surface area contributed by atoms with E-state index in [4.69, 9.17) is 14.4 Å². The molecular weight excluding hydrogens is 801 g/mol. The summed E-state index contributed by atoms with van der Waals surface area (Å²) in [5.74, 6) is 0.671. The zero-order valence-electron chi connectivity index (χ0n) is 35.9. The number of hydrogen-bond acceptors (Lipinski definition) is 3. The Bertz CT molecular complexity index is 3770. The predicted octanol–water partition coefficient (Wildman–Crippen LogP) is 16.2. The molecule has 3 heteroatoms. The molecule has 0 N–H and O–H groups in total. The molecule has 13 rings (SSSR count). The molecule has 0 fully saturated rings. The fraction of sp³-hybridized carbons (Fsp3) is 0.0159. The van der Waals surface area contributed by atoms with Crippen LogP contribution in [0.1, 0.15) is 22.3 Å². The fourth-order valence-corrected chi connectivity index (χ4v) is 10.6. The van der Waals surface area contributed by atoms with Crippen LogP contribution in [0.25, 0.3) is 100.0 Å². The van der Waals surface area contributed by atoms with Crippen LogP contribution in [0.5, 0.6) is 0 Å². The van der Waals surface area contributed by atoms with E-state index in [0.29, 0.717) is 5.82 Å². The molecule has 0 saturated carbocycles. The molecule has 0 unspecified atom stereocenters. The van der Waals surface area contributed by atoms with Crippen molar-refractivity contribution in [2.75, 3.05) is 0 Å². The van der Waals surface area contributed by atoms with Gasteiger partial charge < -0.3 is 4.42 Å². The van der Waals surface area contributed by atoms with Crippen LogP contribution in [-0.2, 0) is 5.41 Å². The van der Waals surface area contributed by atoms with Gasteiger partial charge in [0.05, 0.1) is 16.8 Å². The van der Waals surface area contributed by atoms with E-state index in [9.17, 15) is 0 Å². The molecule has 0 aliphatic heterocycles. The SMILES string of the molecule is c1ccc(-c2nc(-c3cc(-c4cccc5ccccc45)cc(-c4cccc5oc6ccccc6c45)c3)cc(-c3ccc4c(c3)C(c3ccccc3)(c3ccccc3)c3ccccc3-4)n2)cc1. The Morgan fingerprint density at radius 3 is 1.65 bits per heavy atom. The zero-order chi connectivity index (χ0) is 43.6. The van der Waals surface area contributed by atoms with Gasteiger partial charge in [0.15, 0.2) is 5.82 Å². The van der Waals surface area contributed by atoms with Gasteiger partial charge in [-0.25, -0.2) is 9.97 Å². The molecular formula is C63H40N2O. The van der Waals surface area contributed by atoms with Crippen molar-refractivity contribution in [3.63, 3.8) is 0 Å². The Balaban J connectivity index is 1.07. The third-order valence-electron chi connectivity index (χ3n) is 13.6. The fourth-order valence-electron chi connectivity index (χ4n) is 10.6. The van der Waals surface area contributed by atoms with E-state index >= 15 is 0 Å². The van der Waals surface area contributed by atoms with Crippen LogP contribution in [0.4, 0.5) is 0 Å². The summed E-state index contributed by atoms with van der Waals surface area (Å²) in [7, 11) is 0. The highest BCUT2D eigenvalue weighted by atomic mass is 16.3. The lowest BCUT2D eigenvalue weighted by Crippen LogP contribution is -2.28. The smallest absolute Gasteiger partial charge is 0.160 e. The second-order valence-corrected chi connectivity index (χ2v) is 17.2. The van der Waals surface area contributed by atoms with Gasteiger partial charge in [-0.1, -0.05) is 200 Å². The van der Waals surface area contributed by atoms with Crippen molar-refractivity contribution < 1.29 is 4.42 Å². The van der Waals surface area contributed by atoms with Crippen molar-refractivity contribution in [1.29, 1.82) is 0 Å². The first-order valence-electron chi connectivity index (χ1n) is 22.6. The largest absolute Gasteiger partial charge is 0.456 e. The van der Waals surface area contributed by atoms with Gasteiger partial charge in [0.25, 0.3) is 0 Å². The number of rotatable bonds is 7. The number of nitrogens with zero attached hydrogens (tertiary/aromatic N) is 2. The first-order valence-corrected chi connectivity index (χ1v) is 22.6. The van der Waals surface area contributed by atoms with Crippen molar-refractivity contribution in [1.82, 2.24) is 9.97 Å². The summed E-state index contributed by atoms with van der Waals surface area (Å²) in [5.41, 5.74) is 17.8. The first kappa shape index (κ1) is 37.9. The number of benzene rings is 10. The molecule has 0 saturated heterocycles. The molecule has 10 aromatic carbocycles. The molecule has 66 heavy (non-hydrogen) atoms. The minimum absolute atomic E-state index is 0.539. The Morgan fingerprint density at radius 1 is 0.318 bits per heavy atom. The van der Waals surface area contributed by atoms with Gasteiger partial charge in [-0.15, -0.1) is 0 Å². The van der Waals surface area contributed by atoms with Crippen molar-refractivity contribution in [3.8, 4) is 67.3 Å². The lowest BCUT2D eigenvalue weighted by Gasteiger charge is -2.34. The highest BCUT2D eigenvalue weighted by Crippen LogP contribution is 2.56. The molecule has 2 heterocycles. The molecule has 12 aromatic rings. The van der Waals surface area contributed by atoms with E-state index in [1.807, 2.05) is 18.2 Å². The number of furan rings is 1. The molecule has 1 aliphatic carbocycles. The van der Waals surface area contributed by atoms with Gasteiger partial charge in [-0.3, -0.25) is 0 Å². The van der Waals surface area contributed by atoms with Gasteiger partial charge in [-0.05, 0) is 109 Å². The van der Waals surface area contributed by atoms with E-state index < -0.39 is 5.41 Å². The second-order valence-electron chi connectivity index (χ2n) is 17.2. The minimum atomic E-state index is -0.539. The monoisotopic (exact) mass is 840 g/mol. The predicted molar refractivity (Wildman–Crippen MR) is 271 cm³/mol. The lowest BCUT2D eigenvalue weighted by molar-refractivity contribution is 0.669. The summed E-state index contributed by atoms with van der Waals surface area (Å²) in [4.78, 5) is 10.8. The number of fused-ring (bicyclic) bond motifs is 7. The van der Waals surface area contributed by atoms with E-state index in [0.717, 1.165) is 72.3 Å². The third-order valence-corrected chi connectivity index (χ3v) is 13.6. The van der Waals surface area contributed by atoms with Gasteiger partial charge in [0, 0.05) is 27.5 Å². The number of hydrogen-bond donors (Lipinski definition) is 0. The van der Waals surface area contributed by atoms with Crippen molar-refractivity contribution in [2.45, 2.75) is 5.41 Å². The highest BCUT2D eigenvalue weighted by Gasteiger charge is 2.46. The maximum Gasteiger partial charge on any atom is 0.160 e. The number of aromatic nitrogens is 2. The Morgan fingerprint density at radius 2 is 0.864 bits per heavy atom. The van der Waals surface area contributed by atoms with E-state index in [2.05, 4.69) is 224 Å². The normalized spacial score (nSPS) is 12.7. The van der Waals surface area contributed by atoms with Crippen LogP contribution < -0.4 is 0 Å². The summed E-state index contributed by atoms with van der Waals surface area (Å²) >= 11 is 0. The maximum atomic E-state index is 6.43. The van der Waals surface area contributed by atoms with E-state index in [-0.39, 0.29) is 0 Å². The Kier molecular flexibility index (Phi) is 8.75. The van der Waals surface area contributed by atoms with Crippen LogP contribution in [-0.4, -0.2) is 9.97 Å². The van der Waals surface area contributed by atoms with Crippen LogP contribution >= 0.6 is 0 Å². The van der Waals surface area contributed by atoms with Crippen molar-refractivity contribution in [2.24, 2.45) is 0 Å². The second kappa shape index (κ2) is 15.3. The van der Waals surface area contributed by atoms with Crippen LogP contribution in [0.2, 0.25) is 0 Å². The Labute approximate surface area is 383 Å². The maximum absolute atomic E-state index is 6.43. The minimum Gasteiger partial charge on any atom is -0.456 e. The van der Waals surface area contributed by atoms with Gasteiger partial charge in [0.1, 0.15) is 11.2 Å². The van der Waals surface area contributed by atoms with Crippen LogP contribution in [0, 0.1) is 0 Å². The van der Waals surface area contributed by atoms with Gasteiger partial charge >= 0.3 is 0 Å². The van der Waals surface area contributed by atoms with Crippen LogP contribution in [0.3, 0.4) is 0 Å². The van der Waals surface area contributed by atoms with Crippen molar-refractivity contribution >= 4 is 32.7 Å². The standard InChI is InChI=1S/C63H40N2O/c1-4-19-42(20-5-1)62-64-57(43-34-35-53-52-27-12-14-31-55(52)63(56(53)39-43,47-22-6-2-7-23-47)48-24-8-3-9-25-48)40-58(65-62)46-37-44(50-29-16-21-41-18-10-11-26-49(41)50)36-45(38-46)51-30-17-33-60-61(51)54-28-13-15-32-59(54)66-60/h1-40H.